The molecule has 0 radical (unpaired) electrons. The van der Waals surface area contributed by atoms with Crippen molar-refractivity contribution in [2.45, 2.75) is 13.0 Å². The Morgan fingerprint density at radius 2 is 2.38 bits per heavy atom. The van der Waals surface area contributed by atoms with E-state index in [2.05, 4.69) is 5.32 Å². The summed E-state index contributed by atoms with van der Waals surface area (Å²) in [6.07, 6.45) is 1.30. The van der Waals surface area contributed by atoms with E-state index in [1.807, 2.05) is 17.8 Å². The number of thioether (sulfide) groups is 1. The minimum atomic E-state index is 0.279. The molecule has 4 heteroatoms. The van der Waals surface area contributed by atoms with Gasteiger partial charge in [-0.25, -0.2) is 0 Å². The van der Waals surface area contributed by atoms with E-state index in [1.54, 1.807) is 12.1 Å². The number of halogens is 1. The largest absolute Gasteiger partial charge is 0.508 e. The monoisotopic (exact) mass is 257 g/mol. The fraction of sp³-hybridized carbons (Fsp3) is 0.500. The Hall–Kier alpha value is -0.380. The Kier molecular flexibility index (Phi) is 4.38. The third-order valence-electron chi connectivity index (χ3n) is 2.85. The van der Waals surface area contributed by atoms with Gasteiger partial charge in [0.05, 0.1) is 0 Å². The number of aromatic hydroxyl groups is 1. The second-order valence-corrected chi connectivity index (χ2v) is 5.66. The quantitative estimate of drug-likeness (QED) is 0.870. The van der Waals surface area contributed by atoms with Crippen LogP contribution in [0.3, 0.4) is 0 Å². The zero-order valence-corrected chi connectivity index (χ0v) is 10.7. The molecule has 1 aromatic rings. The number of benzene rings is 1. The van der Waals surface area contributed by atoms with E-state index in [9.17, 15) is 5.11 Å². The Bertz CT molecular complexity index is 333. The summed E-state index contributed by atoms with van der Waals surface area (Å²) in [6, 6.07) is 5.24. The molecule has 0 aliphatic carbocycles. The highest BCUT2D eigenvalue weighted by atomic mass is 35.5. The van der Waals surface area contributed by atoms with E-state index in [0.29, 0.717) is 11.6 Å². The first kappa shape index (κ1) is 12.1. The van der Waals surface area contributed by atoms with Gasteiger partial charge in [0.15, 0.2) is 0 Å². The molecule has 1 saturated heterocycles. The van der Waals surface area contributed by atoms with Gasteiger partial charge < -0.3 is 10.4 Å². The molecule has 1 atom stereocenters. The molecular weight excluding hydrogens is 242 g/mol. The summed E-state index contributed by atoms with van der Waals surface area (Å²) in [6.45, 7) is 1.66. The van der Waals surface area contributed by atoms with E-state index < -0.39 is 0 Å². The predicted molar refractivity (Wildman–Crippen MR) is 70.3 cm³/mol. The first-order valence-corrected chi connectivity index (χ1v) is 7.05. The summed E-state index contributed by atoms with van der Waals surface area (Å²) in [5, 5.41) is 13.7. The first-order valence-electron chi connectivity index (χ1n) is 5.52. The number of phenols is 1. The SMILES string of the molecule is Oc1cccc(Cl)c1CNCC1CCSC1. The minimum absolute atomic E-state index is 0.279. The highest BCUT2D eigenvalue weighted by Crippen LogP contribution is 2.26. The Morgan fingerprint density at radius 3 is 3.06 bits per heavy atom. The molecule has 2 N–H and O–H groups in total. The third-order valence-corrected chi connectivity index (χ3v) is 4.44. The third kappa shape index (κ3) is 3.06. The van der Waals surface area contributed by atoms with Gasteiger partial charge in [0, 0.05) is 17.1 Å². The molecule has 2 rings (SSSR count). The lowest BCUT2D eigenvalue weighted by molar-refractivity contribution is 0.459. The van der Waals surface area contributed by atoms with Crippen molar-refractivity contribution >= 4 is 23.4 Å². The fourth-order valence-corrected chi connectivity index (χ4v) is 3.39. The molecule has 1 aromatic carbocycles. The van der Waals surface area contributed by atoms with Gasteiger partial charge in [-0.05, 0) is 42.5 Å². The normalized spacial score (nSPS) is 20.2. The van der Waals surface area contributed by atoms with Crippen LogP contribution in [0.25, 0.3) is 0 Å². The van der Waals surface area contributed by atoms with Crippen LogP contribution >= 0.6 is 23.4 Å². The van der Waals surface area contributed by atoms with Gasteiger partial charge in [-0.3, -0.25) is 0 Å². The second-order valence-electron chi connectivity index (χ2n) is 4.10. The van der Waals surface area contributed by atoms with E-state index in [-0.39, 0.29) is 5.75 Å². The van der Waals surface area contributed by atoms with Crippen LogP contribution in [0.5, 0.6) is 5.75 Å². The van der Waals surface area contributed by atoms with Gasteiger partial charge >= 0.3 is 0 Å². The molecular formula is C12H16ClNOS. The standard InChI is InChI=1S/C12H16ClNOS/c13-11-2-1-3-12(15)10(11)7-14-6-9-4-5-16-8-9/h1-3,9,14-15H,4-8H2. The van der Waals surface area contributed by atoms with Gasteiger partial charge in [0.1, 0.15) is 5.75 Å². The molecule has 0 saturated carbocycles. The number of hydrogen-bond acceptors (Lipinski definition) is 3. The maximum atomic E-state index is 9.65. The summed E-state index contributed by atoms with van der Waals surface area (Å²) in [4.78, 5) is 0. The lowest BCUT2D eigenvalue weighted by atomic mass is 10.1. The van der Waals surface area contributed by atoms with Crippen molar-refractivity contribution in [1.82, 2.24) is 5.32 Å². The first-order chi connectivity index (χ1) is 7.77. The van der Waals surface area contributed by atoms with Crippen LogP contribution in [0, 0.1) is 5.92 Å². The Morgan fingerprint density at radius 1 is 1.50 bits per heavy atom. The van der Waals surface area contributed by atoms with Crippen LogP contribution < -0.4 is 5.32 Å². The Labute approximate surface area is 105 Å². The molecule has 1 unspecified atom stereocenters. The summed E-state index contributed by atoms with van der Waals surface area (Å²) in [5.41, 5.74) is 0.801. The van der Waals surface area contributed by atoms with Gasteiger partial charge in [0.25, 0.3) is 0 Å². The molecule has 0 bridgehead atoms. The highest BCUT2D eigenvalue weighted by Gasteiger charge is 2.15. The van der Waals surface area contributed by atoms with E-state index in [0.717, 1.165) is 18.0 Å². The van der Waals surface area contributed by atoms with Crippen LogP contribution in [-0.4, -0.2) is 23.2 Å². The van der Waals surface area contributed by atoms with Crippen molar-refractivity contribution in [3.63, 3.8) is 0 Å². The number of rotatable bonds is 4. The number of nitrogens with one attached hydrogen (secondary N) is 1. The molecule has 1 fully saturated rings. The van der Waals surface area contributed by atoms with E-state index in [4.69, 9.17) is 11.6 Å². The topological polar surface area (TPSA) is 32.3 Å². The van der Waals surface area contributed by atoms with Crippen LogP contribution in [0.2, 0.25) is 5.02 Å². The average molecular weight is 258 g/mol. The molecule has 1 aliphatic heterocycles. The predicted octanol–water partition coefficient (Wildman–Crippen LogP) is 2.89. The minimum Gasteiger partial charge on any atom is -0.508 e. The highest BCUT2D eigenvalue weighted by molar-refractivity contribution is 7.99. The van der Waals surface area contributed by atoms with Crippen molar-refractivity contribution in [3.05, 3.63) is 28.8 Å². The average Bonchev–Trinajstić information content (AvgIpc) is 2.75. The maximum absolute atomic E-state index is 9.65. The van der Waals surface area contributed by atoms with Crippen LogP contribution in [0.15, 0.2) is 18.2 Å². The molecule has 0 amide bonds. The van der Waals surface area contributed by atoms with E-state index >= 15 is 0 Å². The van der Waals surface area contributed by atoms with Gasteiger partial charge in [-0.1, -0.05) is 17.7 Å². The molecule has 2 nitrogen and oxygen atoms in total. The smallest absolute Gasteiger partial charge is 0.121 e. The van der Waals surface area contributed by atoms with Crippen LogP contribution in [0.4, 0.5) is 0 Å². The van der Waals surface area contributed by atoms with Crippen LogP contribution in [0.1, 0.15) is 12.0 Å². The Balaban J connectivity index is 1.84. The van der Waals surface area contributed by atoms with Crippen molar-refractivity contribution in [3.8, 4) is 5.75 Å². The van der Waals surface area contributed by atoms with Gasteiger partial charge in [-0.2, -0.15) is 11.8 Å². The van der Waals surface area contributed by atoms with Gasteiger partial charge in [-0.15, -0.1) is 0 Å². The number of phenolic OH excluding ortho intramolecular Hbond substituents is 1. The zero-order valence-electron chi connectivity index (χ0n) is 9.08. The van der Waals surface area contributed by atoms with Crippen molar-refractivity contribution in [1.29, 1.82) is 0 Å². The van der Waals surface area contributed by atoms with Crippen molar-refractivity contribution in [2.24, 2.45) is 5.92 Å². The fourth-order valence-electron chi connectivity index (χ4n) is 1.87. The van der Waals surface area contributed by atoms with Crippen molar-refractivity contribution < 1.29 is 5.11 Å². The molecule has 1 aliphatic rings. The molecule has 0 spiro atoms. The van der Waals surface area contributed by atoms with Crippen molar-refractivity contribution in [2.75, 3.05) is 18.1 Å². The summed E-state index contributed by atoms with van der Waals surface area (Å²) >= 11 is 8.04. The second kappa shape index (κ2) is 5.80. The zero-order chi connectivity index (χ0) is 11.4. The van der Waals surface area contributed by atoms with Gasteiger partial charge in [0.2, 0.25) is 0 Å². The van der Waals surface area contributed by atoms with Crippen LogP contribution in [-0.2, 0) is 6.54 Å². The molecule has 88 valence electrons. The van der Waals surface area contributed by atoms with E-state index in [1.165, 1.54) is 17.9 Å². The lowest BCUT2D eigenvalue weighted by Crippen LogP contribution is -2.22. The molecule has 0 aromatic heterocycles. The summed E-state index contributed by atoms with van der Waals surface area (Å²) in [5.74, 6) is 3.58. The number of hydrogen-bond donors (Lipinski definition) is 2. The summed E-state index contributed by atoms with van der Waals surface area (Å²) in [7, 11) is 0. The summed E-state index contributed by atoms with van der Waals surface area (Å²) < 4.78 is 0. The molecule has 16 heavy (non-hydrogen) atoms. The maximum Gasteiger partial charge on any atom is 0.121 e. The lowest BCUT2D eigenvalue weighted by Gasteiger charge is -2.11. The molecule has 1 heterocycles.